The van der Waals surface area contributed by atoms with E-state index in [0.717, 1.165) is 26.3 Å². The van der Waals surface area contributed by atoms with E-state index in [0.29, 0.717) is 0 Å². The van der Waals surface area contributed by atoms with Crippen LogP contribution in [0.4, 0.5) is 0 Å². The summed E-state index contributed by atoms with van der Waals surface area (Å²) in [5.74, 6) is -1.19. The third-order valence-corrected chi connectivity index (χ3v) is 1.10. The summed E-state index contributed by atoms with van der Waals surface area (Å²) in [4.78, 5) is 9.12. The van der Waals surface area contributed by atoms with Gasteiger partial charge in [0.15, 0.2) is 0 Å². The van der Waals surface area contributed by atoms with Crippen LogP contribution < -0.4 is 5.32 Å². The van der Waals surface area contributed by atoms with E-state index in [4.69, 9.17) is 24.5 Å². The Balaban J connectivity index is 0. The van der Waals surface area contributed by atoms with Crippen molar-refractivity contribution >= 4 is 5.97 Å². The van der Waals surface area contributed by atoms with Gasteiger partial charge in [0.25, 0.3) is 0 Å². The lowest BCUT2D eigenvalue weighted by Gasteiger charge is -2.01. The molecule has 0 aliphatic heterocycles. The number of hydrogen-bond acceptors (Lipinski definition) is 5. The molecule has 6 nitrogen and oxygen atoms in total. The molecule has 0 aliphatic carbocycles. The van der Waals surface area contributed by atoms with Gasteiger partial charge in [-0.25, -0.2) is 4.79 Å². The molecule has 0 spiro atoms. The van der Waals surface area contributed by atoms with Gasteiger partial charge in [-0.05, 0) is 0 Å². The molecule has 14 heavy (non-hydrogen) atoms. The van der Waals surface area contributed by atoms with Gasteiger partial charge >= 0.3 is 5.97 Å². The van der Waals surface area contributed by atoms with Gasteiger partial charge in [0.1, 0.15) is 6.61 Å². The molecule has 0 heterocycles. The maximum atomic E-state index is 9.12. The second-order valence-electron chi connectivity index (χ2n) is 2.29. The number of aliphatic hydroxyl groups excluding tert-OH is 1. The first kappa shape index (κ1) is 15.8. The Morgan fingerprint density at radius 2 is 1.57 bits per heavy atom. The minimum atomic E-state index is -1.19. The van der Waals surface area contributed by atoms with Gasteiger partial charge in [-0.3, -0.25) is 0 Å². The van der Waals surface area contributed by atoms with E-state index in [2.05, 4.69) is 5.32 Å². The standard InChI is InChI=1S/C6H15NO2.C2H4O3/c1-8-5-3-7-4-6-9-2;3-1-2(4)5/h7H,3-6H2,1-2H3;3H,1H2,(H,4,5). The molecular formula is C8H19NO5. The molecule has 0 amide bonds. The van der Waals surface area contributed by atoms with Crippen molar-refractivity contribution in [3.05, 3.63) is 0 Å². The van der Waals surface area contributed by atoms with Crippen molar-refractivity contribution in [3.8, 4) is 0 Å². The van der Waals surface area contributed by atoms with E-state index in [1.165, 1.54) is 0 Å². The number of carboxylic acid groups (broad SMARTS) is 1. The van der Waals surface area contributed by atoms with Crippen LogP contribution in [-0.4, -0.2) is 63.3 Å². The number of methoxy groups -OCH3 is 2. The summed E-state index contributed by atoms with van der Waals surface area (Å²) >= 11 is 0. The molecule has 6 heteroatoms. The second kappa shape index (κ2) is 14.8. The van der Waals surface area contributed by atoms with E-state index in [-0.39, 0.29) is 0 Å². The highest BCUT2D eigenvalue weighted by Gasteiger charge is 1.83. The lowest BCUT2D eigenvalue weighted by atomic mass is 10.6. The average Bonchev–Trinajstić information content (AvgIpc) is 2.19. The lowest BCUT2D eigenvalue weighted by Crippen LogP contribution is -2.23. The van der Waals surface area contributed by atoms with Crippen molar-refractivity contribution in [1.29, 1.82) is 0 Å². The van der Waals surface area contributed by atoms with Gasteiger partial charge in [-0.2, -0.15) is 0 Å². The summed E-state index contributed by atoms with van der Waals surface area (Å²) in [6.45, 7) is 2.56. The maximum absolute atomic E-state index is 9.12. The molecule has 0 saturated heterocycles. The van der Waals surface area contributed by atoms with Gasteiger partial charge < -0.3 is 25.0 Å². The molecule has 0 atom stereocenters. The Morgan fingerprint density at radius 3 is 1.79 bits per heavy atom. The fourth-order valence-electron chi connectivity index (χ4n) is 0.473. The van der Waals surface area contributed by atoms with Crippen molar-refractivity contribution in [3.63, 3.8) is 0 Å². The fourth-order valence-corrected chi connectivity index (χ4v) is 0.473. The van der Waals surface area contributed by atoms with Gasteiger partial charge in [0, 0.05) is 27.3 Å². The molecule has 0 radical (unpaired) electrons. The quantitative estimate of drug-likeness (QED) is 0.463. The average molecular weight is 209 g/mol. The second-order valence-corrected chi connectivity index (χ2v) is 2.29. The number of rotatable bonds is 7. The minimum absolute atomic E-state index is 0.768. The fraction of sp³-hybridized carbons (Fsp3) is 0.875. The molecule has 0 aromatic rings. The van der Waals surface area contributed by atoms with Crippen LogP contribution in [0.1, 0.15) is 0 Å². The third kappa shape index (κ3) is 22.5. The molecule has 0 aromatic carbocycles. The number of hydrogen-bond donors (Lipinski definition) is 3. The molecule has 0 bridgehead atoms. The number of ether oxygens (including phenoxy) is 2. The molecule has 0 aliphatic rings. The zero-order chi connectivity index (χ0) is 11.2. The van der Waals surface area contributed by atoms with E-state index < -0.39 is 12.6 Å². The van der Waals surface area contributed by atoms with Crippen molar-refractivity contribution in [2.75, 3.05) is 47.1 Å². The Hall–Kier alpha value is -0.690. The van der Waals surface area contributed by atoms with Gasteiger partial charge in [-0.15, -0.1) is 0 Å². The molecule has 86 valence electrons. The SMILES string of the molecule is COCCNCCOC.O=C(O)CO. The molecule has 0 aromatic heterocycles. The smallest absolute Gasteiger partial charge is 0.329 e. The first-order chi connectivity index (χ1) is 6.68. The van der Waals surface area contributed by atoms with Crippen LogP contribution in [0.2, 0.25) is 0 Å². The number of aliphatic carboxylic acids is 1. The van der Waals surface area contributed by atoms with Crippen LogP contribution in [0.5, 0.6) is 0 Å². The zero-order valence-corrected chi connectivity index (χ0v) is 8.65. The number of carbonyl (C=O) groups is 1. The summed E-state index contributed by atoms with van der Waals surface area (Å²) in [5, 5.41) is 18.2. The predicted molar refractivity (Wildman–Crippen MR) is 51.3 cm³/mol. The summed E-state index contributed by atoms with van der Waals surface area (Å²) in [7, 11) is 3.38. The highest BCUT2D eigenvalue weighted by Crippen LogP contribution is 1.65. The third-order valence-electron chi connectivity index (χ3n) is 1.10. The summed E-state index contributed by atoms with van der Waals surface area (Å²) in [5.41, 5.74) is 0. The molecule has 0 unspecified atom stereocenters. The number of aliphatic hydroxyl groups is 1. The van der Waals surface area contributed by atoms with Crippen LogP contribution in [0.15, 0.2) is 0 Å². The van der Waals surface area contributed by atoms with Gasteiger partial charge in [0.05, 0.1) is 13.2 Å². The number of nitrogens with one attached hydrogen (secondary N) is 1. The van der Waals surface area contributed by atoms with E-state index >= 15 is 0 Å². The van der Waals surface area contributed by atoms with Crippen LogP contribution in [0.3, 0.4) is 0 Å². The molecule has 0 saturated carbocycles. The minimum Gasteiger partial charge on any atom is -0.480 e. The molecule has 0 fully saturated rings. The predicted octanol–water partition coefficient (Wildman–Crippen LogP) is -1.07. The van der Waals surface area contributed by atoms with Crippen LogP contribution in [-0.2, 0) is 14.3 Å². The molecule has 3 N–H and O–H groups in total. The zero-order valence-electron chi connectivity index (χ0n) is 8.65. The number of carboxylic acids is 1. The molecule has 0 rings (SSSR count). The van der Waals surface area contributed by atoms with Crippen molar-refractivity contribution in [2.45, 2.75) is 0 Å². The van der Waals surface area contributed by atoms with Crippen molar-refractivity contribution in [2.24, 2.45) is 0 Å². The molecular weight excluding hydrogens is 190 g/mol. The Labute approximate surface area is 83.8 Å². The summed E-state index contributed by atoms with van der Waals surface area (Å²) in [6, 6.07) is 0. The van der Waals surface area contributed by atoms with Gasteiger partial charge in [0.2, 0.25) is 0 Å². The van der Waals surface area contributed by atoms with E-state index in [9.17, 15) is 0 Å². The van der Waals surface area contributed by atoms with Crippen LogP contribution in [0.25, 0.3) is 0 Å². The van der Waals surface area contributed by atoms with Gasteiger partial charge in [-0.1, -0.05) is 0 Å². The van der Waals surface area contributed by atoms with Crippen LogP contribution in [0, 0.1) is 0 Å². The lowest BCUT2D eigenvalue weighted by molar-refractivity contribution is -0.140. The normalized spacial score (nSPS) is 9.07. The Kier molecular flexibility index (Phi) is 16.7. The topological polar surface area (TPSA) is 88.0 Å². The van der Waals surface area contributed by atoms with Crippen molar-refractivity contribution < 1.29 is 24.5 Å². The van der Waals surface area contributed by atoms with E-state index in [1.54, 1.807) is 14.2 Å². The maximum Gasteiger partial charge on any atom is 0.329 e. The highest BCUT2D eigenvalue weighted by molar-refractivity contribution is 5.67. The Morgan fingerprint density at radius 1 is 1.21 bits per heavy atom. The van der Waals surface area contributed by atoms with E-state index in [1.807, 2.05) is 0 Å². The highest BCUT2D eigenvalue weighted by atomic mass is 16.5. The van der Waals surface area contributed by atoms with Crippen LogP contribution >= 0.6 is 0 Å². The first-order valence-corrected chi connectivity index (χ1v) is 4.20. The Bertz CT molecular complexity index is 114. The van der Waals surface area contributed by atoms with Crippen molar-refractivity contribution in [1.82, 2.24) is 5.32 Å². The first-order valence-electron chi connectivity index (χ1n) is 4.20. The summed E-state index contributed by atoms with van der Waals surface area (Å²) < 4.78 is 9.64. The monoisotopic (exact) mass is 209 g/mol. The largest absolute Gasteiger partial charge is 0.480 e. The summed E-state index contributed by atoms with van der Waals surface area (Å²) in [6.07, 6.45) is 0.